The first kappa shape index (κ1) is 14.9. The van der Waals surface area contributed by atoms with Gasteiger partial charge in [0, 0.05) is 17.5 Å². The summed E-state index contributed by atoms with van der Waals surface area (Å²) in [4.78, 5) is 16.9. The van der Waals surface area contributed by atoms with E-state index in [1.54, 1.807) is 18.3 Å². The third-order valence-corrected chi connectivity index (χ3v) is 4.33. The highest BCUT2D eigenvalue weighted by Gasteiger charge is 2.35. The number of nitrogens with two attached hydrogens (primary N) is 1. The number of carbonyl (C=O) groups excluding carboxylic acids is 1. The second-order valence-electron chi connectivity index (χ2n) is 5.50. The monoisotopic (exact) mass is 291 g/mol. The molecule has 4 nitrogen and oxygen atoms in total. The van der Waals surface area contributed by atoms with Crippen molar-refractivity contribution in [2.45, 2.75) is 51.0 Å². The Morgan fingerprint density at radius 3 is 2.55 bits per heavy atom. The van der Waals surface area contributed by atoms with Crippen LogP contribution in [0, 0.1) is 6.92 Å². The number of pyridine rings is 1. The SMILES string of the molecule is Cc1cc(C(=O)NC2(C(N)=S)CCCCCC2)ccn1. The number of aryl methyl sites for hydroxylation is 1. The Hall–Kier alpha value is -1.49. The van der Waals surface area contributed by atoms with Crippen molar-refractivity contribution in [2.75, 3.05) is 0 Å². The van der Waals surface area contributed by atoms with E-state index < -0.39 is 5.54 Å². The van der Waals surface area contributed by atoms with E-state index in [0.29, 0.717) is 10.6 Å². The molecule has 0 spiro atoms. The van der Waals surface area contributed by atoms with Crippen LogP contribution in [0.15, 0.2) is 18.3 Å². The van der Waals surface area contributed by atoms with Crippen molar-refractivity contribution >= 4 is 23.1 Å². The van der Waals surface area contributed by atoms with Crippen LogP contribution in [-0.4, -0.2) is 21.4 Å². The van der Waals surface area contributed by atoms with Crippen LogP contribution < -0.4 is 11.1 Å². The highest BCUT2D eigenvalue weighted by molar-refractivity contribution is 7.80. The van der Waals surface area contributed by atoms with Gasteiger partial charge in [-0.25, -0.2) is 0 Å². The van der Waals surface area contributed by atoms with Gasteiger partial charge < -0.3 is 11.1 Å². The van der Waals surface area contributed by atoms with Gasteiger partial charge in [-0.2, -0.15) is 0 Å². The Morgan fingerprint density at radius 1 is 1.35 bits per heavy atom. The minimum Gasteiger partial charge on any atom is -0.391 e. The van der Waals surface area contributed by atoms with E-state index >= 15 is 0 Å². The maximum atomic E-state index is 12.4. The van der Waals surface area contributed by atoms with Crippen LogP contribution in [0.4, 0.5) is 0 Å². The van der Waals surface area contributed by atoms with Crippen LogP contribution in [0.25, 0.3) is 0 Å². The fourth-order valence-corrected chi connectivity index (χ4v) is 3.00. The molecule has 1 fully saturated rings. The van der Waals surface area contributed by atoms with Gasteiger partial charge in [0.25, 0.3) is 5.91 Å². The average Bonchev–Trinajstić information content (AvgIpc) is 2.65. The summed E-state index contributed by atoms with van der Waals surface area (Å²) in [5.41, 5.74) is 6.84. The quantitative estimate of drug-likeness (QED) is 0.663. The van der Waals surface area contributed by atoms with Crippen molar-refractivity contribution in [2.24, 2.45) is 5.73 Å². The first-order chi connectivity index (χ1) is 9.53. The summed E-state index contributed by atoms with van der Waals surface area (Å²) in [6.07, 6.45) is 7.75. The average molecular weight is 291 g/mol. The first-order valence-corrected chi connectivity index (χ1v) is 7.49. The second kappa shape index (κ2) is 6.31. The lowest BCUT2D eigenvalue weighted by Gasteiger charge is -2.33. The fourth-order valence-electron chi connectivity index (χ4n) is 2.74. The van der Waals surface area contributed by atoms with Crippen LogP contribution in [0.1, 0.15) is 54.6 Å². The van der Waals surface area contributed by atoms with Gasteiger partial charge in [0.05, 0.1) is 10.5 Å². The molecule has 1 aromatic heterocycles. The molecule has 20 heavy (non-hydrogen) atoms. The summed E-state index contributed by atoms with van der Waals surface area (Å²) >= 11 is 5.23. The normalized spacial score (nSPS) is 18.1. The zero-order chi connectivity index (χ0) is 14.6. The number of nitrogens with one attached hydrogen (secondary N) is 1. The molecule has 1 aromatic rings. The number of carbonyl (C=O) groups is 1. The van der Waals surface area contributed by atoms with E-state index in [-0.39, 0.29) is 5.91 Å². The van der Waals surface area contributed by atoms with E-state index in [4.69, 9.17) is 18.0 Å². The predicted octanol–water partition coefficient (Wildman–Crippen LogP) is 2.50. The summed E-state index contributed by atoms with van der Waals surface area (Å²) < 4.78 is 0. The van der Waals surface area contributed by atoms with Crippen molar-refractivity contribution in [1.82, 2.24) is 10.3 Å². The number of aromatic nitrogens is 1. The molecule has 0 aromatic carbocycles. The van der Waals surface area contributed by atoms with E-state index in [2.05, 4.69) is 10.3 Å². The van der Waals surface area contributed by atoms with Crippen LogP contribution in [0.5, 0.6) is 0 Å². The van der Waals surface area contributed by atoms with Crippen LogP contribution in [-0.2, 0) is 0 Å². The fraction of sp³-hybridized carbons (Fsp3) is 0.533. The maximum absolute atomic E-state index is 12.4. The number of hydrogen-bond acceptors (Lipinski definition) is 3. The number of thiocarbonyl (C=S) groups is 1. The van der Waals surface area contributed by atoms with Crippen molar-refractivity contribution in [3.8, 4) is 0 Å². The molecule has 0 unspecified atom stereocenters. The van der Waals surface area contributed by atoms with E-state index in [1.165, 1.54) is 12.8 Å². The molecular formula is C15H21N3OS. The number of amides is 1. The van der Waals surface area contributed by atoms with Gasteiger partial charge in [0.2, 0.25) is 0 Å². The molecule has 1 aliphatic rings. The van der Waals surface area contributed by atoms with Gasteiger partial charge in [-0.1, -0.05) is 37.9 Å². The van der Waals surface area contributed by atoms with E-state index in [1.807, 2.05) is 6.92 Å². The topological polar surface area (TPSA) is 68.0 Å². The summed E-state index contributed by atoms with van der Waals surface area (Å²) in [5.74, 6) is -0.120. The Bertz CT molecular complexity index is 508. The Labute approximate surface area is 125 Å². The molecule has 5 heteroatoms. The van der Waals surface area contributed by atoms with Crippen molar-refractivity contribution in [3.63, 3.8) is 0 Å². The lowest BCUT2D eigenvalue weighted by Crippen LogP contribution is -2.56. The van der Waals surface area contributed by atoms with Gasteiger partial charge in [-0.3, -0.25) is 9.78 Å². The van der Waals surface area contributed by atoms with Crippen LogP contribution >= 0.6 is 12.2 Å². The number of nitrogens with zero attached hydrogens (tertiary/aromatic N) is 1. The molecule has 0 bridgehead atoms. The number of rotatable bonds is 3. The smallest absolute Gasteiger partial charge is 0.252 e. The molecule has 108 valence electrons. The zero-order valence-corrected chi connectivity index (χ0v) is 12.6. The molecule has 0 aliphatic heterocycles. The first-order valence-electron chi connectivity index (χ1n) is 7.09. The summed E-state index contributed by atoms with van der Waals surface area (Å²) in [5, 5.41) is 3.08. The Kier molecular flexibility index (Phi) is 4.70. The van der Waals surface area contributed by atoms with Crippen molar-refractivity contribution in [3.05, 3.63) is 29.6 Å². The van der Waals surface area contributed by atoms with E-state index in [0.717, 1.165) is 31.4 Å². The third kappa shape index (κ3) is 3.33. The maximum Gasteiger partial charge on any atom is 0.252 e. The highest BCUT2D eigenvalue weighted by Crippen LogP contribution is 2.28. The molecule has 1 saturated carbocycles. The lowest BCUT2D eigenvalue weighted by atomic mass is 9.89. The molecule has 0 radical (unpaired) electrons. The van der Waals surface area contributed by atoms with Gasteiger partial charge in [-0.05, 0) is 31.9 Å². The largest absolute Gasteiger partial charge is 0.391 e. The second-order valence-corrected chi connectivity index (χ2v) is 5.94. The minimum atomic E-state index is -0.528. The minimum absolute atomic E-state index is 0.120. The van der Waals surface area contributed by atoms with Crippen LogP contribution in [0.2, 0.25) is 0 Å². The van der Waals surface area contributed by atoms with Gasteiger partial charge >= 0.3 is 0 Å². The van der Waals surface area contributed by atoms with Crippen molar-refractivity contribution in [1.29, 1.82) is 0 Å². The third-order valence-electron chi connectivity index (χ3n) is 3.94. The molecule has 1 aliphatic carbocycles. The molecule has 0 saturated heterocycles. The zero-order valence-electron chi connectivity index (χ0n) is 11.8. The predicted molar refractivity (Wildman–Crippen MR) is 83.7 cm³/mol. The highest BCUT2D eigenvalue weighted by atomic mass is 32.1. The van der Waals surface area contributed by atoms with Gasteiger partial charge in [0.1, 0.15) is 0 Å². The lowest BCUT2D eigenvalue weighted by molar-refractivity contribution is 0.0917. The van der Waals surface area contributed by atoms with Gasteiger partial charge in [0.15, 0.2) is 0 Å². The number of hydrogen-bond donors (Lipinski definition) is 2. The molecule has 2 rings (SSSR count). The molecule has 1 heterocycles. The van der Waals surface area contributed by atoms with Crippen molar-refractivity contribution < 1.29 is 4.79 Å². The summed E-state index contributed by atoms with van der Waals surface area (Å²) in [7, 11) is 0. The Balaban J connectivity index is 2.19. The van der Waals surface area contributed by atoms with Gasteiger partial charge in [-0.15, -0.1) is 0 Å². The summed E-state index contributed by atoms with van der Waals surface area (Å²) in [6.45, 7) is 1.87. The Morgan fingerprint density at radius 2 is 2.00 bits per heavy atom. The van der Waals surface area contributed by atoms with Crippen LogP contribution in [0.3, 0.4) is 0 Å². The standard InChI is InChI=1S/C15H21N3OS/c1-11-10-12(6-9-17-11)13(19)18-15(14(16)20)7-4-2-3-5-8-15/h6,9-10H,2-5,7-8H2,1H3,(H2,16,20)(H,18,19). The molecule has 1 amide bonds. The summed E-state index contributed by atoms with van der Waals surface area (Å²) in [6, 6.07) is 3.49. The molecule has 3 N–H and O–H groups in total. The molecular weight excluding hydrogens is 270 g/mol. The van der Waals surface area contributed by atoms with E-state index in [9.17, 15) is 4.79 Å². The molecule has 0 atom stereocenters.